The number of nitrogens with zero attached hydrogens (tertiary/aromatic N) is 2. The van der Waals surface area contributed by atoms with E-state index >= 15 is 0 Å². The van der Waals surface area contributed by atoms with Crippen molar-refractivity contribution in [3.63, 3.8) is 0 Å². The van der Waals surface area contributed by atoms with Crippen molar-refractivity contribution in [3.8, 4) is 22.8 Å². The van der Waals surface area contributed by atoms with Crippen LogP contribution in [0.25, 0.3) is 22.3 Å². The van der Waals surface area contributed by atoms with E-state index in [1.165, 1.54) is 0 Å². The van der Waals surface area contributed by atoms with Crippen molar-refractivity contribution in [3.05, 3.63) is 46.5 Å². The van der Waals surface area contributed by atoms with E-state index in [0.29, 0.717) is 34.1 Å². The van der Waals surface area contributed by atoms with E-state index in [9.17, 15) is 4.79 Å². The predicted octanol–water partition coefficient (Wildman–Crippen LogP) is 2.31. The summed E-state index contributed by atoms with van der Waals surface area (Å²) in [4.78, 5) is 23.3. The number of methoxy groups -OCH3 is 2. The maximum atomic E-state index is 12.0. The lowest BCUT2D eigenvalue weighted by molar-refractivity contribution is 0.355. The number of aromatic amines is 1. The van der Waals surface area contributed by atoms with Crippen molar-refractivity contribution in [2.24, 2.45) is 0 Å². The molecule has 0 saturated heterocycles. The quantitative estimate of drug-likeness (QED) is 0.802. The van der Waals surface area contributed by atoms with E-state index in [4.69, 9.17) is 9.47 Å². The molecule has 0 amide bonds. The number of nitrogens with one attached hydrogen (secondary N) is 1. The highest BCUT2D eigenvalue weighted by Gasteiger charge is 2.09. The molecule has 112 valence electrons. The Labute approximate surface area is 126 Å². The summed E-state index contributed by atoms with van der Waals surface area (Å²) in [6, 6.07) is 9.11. The first-order chi connectivity index (χ1) is 10.6. The minimum absolute atomic E-state index is 0.246. The number of benzene rings is 1. The van der Waals surface area contributed by atoms with Gasteiger partial charge in [0, 0.05) is 5.56 Å². The van der Waals surface area contributed by atoms with Gasteiger partial charge in [-0.25, -0.2) is 9.97 Å². The average Bonchev–Trinajstić information content (AvgIpc) is 2.53. The first-order valence-electron chi connectivity index (χ1n) is 6.72. The molecule has 6 nitrogen and oxygen atoms in total. The largest absolute Gasteiger partial charge is 0.493 e. The van der Waals surface area contributed by atoms with Crippen LogP contribution in [0.3, 0.4) is 0 Å². The van der Waals surface area contributed by atoms with Gasteiger partial charge in [0.25, 0.3) is 5.56 Å². The molecule has 2 heterocycles. The number of aryl methyl sites for hydroxylation is 1. The Kier molecular flexibility index (Phi) is 3.50. The molecule has 6 heteroatoms. The normalized spacial score (nSPS) is 10.7. The van der Waals surface area contributed by atoms with Crippen LogP contribution in [-0.2, 0) is 0 Å². The highest BCUT2D eigenvalue weighted by Crippen LogP contribution is 2.31. The summed E-state index contributed by atoms with van der Waals surface area (Å²) in [6.45, 7) is 1.74. The molecule has 22 heavy (non-hydrogen) atoms. The van der Waals surface area contributed by atoms with Gasteiger partial charge >= 0.3 is 0 Å². The van der Waals surface area contributed by atoms with Gasteiger partial charge in [-0.1, -0.05) is 0 Å². The number of hydrogen-bond acceptors (Lipinski definition) is 5. The zero-order valence-corrected chi connectivity index (χ0v) is 12.5. The molecule has 0 spiro atoms. The Hall–Kier alpha value is -2.89. The maximum Gasteiger partial charge on any atom is 0.277 e. The van der Waals surface area contributed by atoms with Crippen LogP contribution in [0.5, 0.6) is 11.5 Å². The number of rotatable bonds is 3. The van der Waals surface area contributed by atoms with Crippen molar-refractivity contribution in [1.29, 1.82) is 0 Å². The fourth-order valence-electron chi connectivity index (χ4n) is 2.30. The Bertz CT molecular complexity index is 903. The highest BCUT2D eigenvalue weighted by atomic mass is 16.5. The van der Waals surface area contributed by atoms with E-state index in [-0.39, 0.29) is 5.56 Å². The molecule has 0 unspecified atom stereocenters. The van der Waals surface area contributed by atoms with E-state index in [2.05, 4.69) is 15.0 Å². The molecule has 3 aromatic rings. The summed E-state index contributed by atoms with van der Waals surface area (Å²) in [6.07, 6.45) is 0. The highest BCUT2D eigenvalue weighted by molar-refractivity contribution is 5.77. The molecule has 0 aliphatic heterocycles. The van der Waals surface area contributed by atoms with Crippen LogP contribution < -0.4 is 15.0 Å². The van der Waals surface area contributed by atoms with Gasteiger partial charge in [-0.05, 0) is 37.3 Å². The van der Waals surface area contributed by atoms with Gasteiger partial charge in [0.15, 0.2) is 17.0 Å². The molecular weight excluding hydrogens is 282 g/mol. The van der Waals surface area contributed by atoms with Crippen LogP contribution in [0.2, 0.25) is 0 Å². The Morgan fingerprint density at radius 2 is 1.77 bits per heavy atom. The SMILES string of the molecule is COc1ccc(-c2ccc3nc(C)[nH]c(=O)c3n2)cc1OC. The Balaban J connectivity index is 2.16. The van der Waals surface area contributed by atoms with Gasteiger partial charge in [0.2, 0.25) is 0 Å². The van der Waals surface area contributed by atoms with Gasteiger partial charge in [-0.15, -0.1) is 0 Å². The predicted molar refractivity (Wildman–Crippen MR) is 83.4 cm³/mol. The number of pyridine rings is 1. The Morgan fingerprint density at radius 3 is 2.50 bits per heavy atom. The molecule has 1 N–H and O–H groups in total. The molecule has 2 aromatic heterocycles. The molecule has 0 fully saturated rings. The third-order valence-corrected chi connectivity index (χ3v) is 3.35. The molecule has 0 saturated carbocycles. The average molecular weight is 297 g/mol. The summed E-state index contributed by atoms with van der Waals surface area (Å²) in [5.74, 6) is 1.82. The van der Waals surface area contributed by atoms with Crippen LogP contribution in [0, 0.1) is 6.92 Å². The molecule has 0 aliphatic rings. The third kappa shape index (κ3) is 2.39. The lowest BCUT2D eigenvalue weighted by Gasteiger charge is -2.09. The number of fused-ring (bicyclic) bond motifs is 1. The first-order valence-corrected chi connectivity index (χ1v) is 6.72. The van der Waals surface area contributed by atoms with Gasteiger partial charge in [-0.2, -0.15) is 0 Å². The second kappa shape index (κ2) is 5.48. The number of ether oxygens (including phenoxy) is 2. The minimum Gasteiger partial charge on any atom is -0.493 e. The lowest BCUT2D eigenvalue weighted by Crippen LogP contribution is -2.11. The summed E-state index contributed by atoms with van der Waals surface area (Å²) in [7, 11) is 3.16. The standard InChI is InChI=1S/C16H15N3O3/c1-9-17-12-6-5-11(19-15(12)16(20)18-9)10-4-7-13(21-2)14(8-10)22-3/h4-8H,1-3H3,(H,17,18,20). The van der Waals surface area contributed by atoms with Crippen LogP contribution >= 0.6 is 0 Å². The second-order valence-electron chi connectivity index (χ2n) is 4.79. The van der Waals surface area contributed by atoms with Crippen molar-refractivity contribution < 1.29 is 9.47 Å². The molecule has 0 atom stereocenters. The summed E-state index contributed by atoms with van der Waals surface area (Å²) >= 11 is 0. The summed E-state index contributed by atoms with van der Waals surface area (Å²) < 4.78 is 10.5. The van der Waals surface area contributed by atoms with E-state index in [1.54, 1.807) is 33.3 Å². The molecule has 0 aliphatic carbocycles. The molecule has 3 rings (SSSR count). The first kappa shape index (κ1) is 14.1. The fourth-order valence-corrected chi connectivity index (χ4v) is 2.30. The van der Waals surface area contributed by atoms with E-state index in [1.807, 2.05) is 18.2 Å². The van der Waals surface area contributed by atoms with Crippen LogP contribution in [0.1, 0.15) is 5.82 Å². The van der Waals surface area contributed by atoms with Crippen molar-refractivity contribution in [1.82, 2.24) is 15.0 Å². The second-order valence-corrected chi connectivity index (χ2v) is 4.79. The molecule has 1 aromatic carbocycles. The van der Waals surface area contributed by atoms with E-state index in [0.717, 1.165) is 5.56 Å². The van der Waals surface area contributed by atoms with Crippen LogP contribution in [0.15, 0.2) is 35.1 Å². The fraction of sp³-hybridized carbons (Fsp3) is 0.188. The maximum absolute atomic E-state index is 12.0. The van der Waals surface area contributed by atoms with Gasteiger partial charge in [0.05, 0.1) is 25.4 Å². The molecule has 0 bridgehead atoms. The number of H-pyrrole nitrogens is 1. The number of hydrogen-bond donors (Lipinski definition) is 1. The number of aromatic nitrogens is 3. The van der Waals surface area contributed by atoms with Crippen LogP contribution in [0.4, 0.5) is 0 Å². The van der Waals surface area contributed by atoms with Crippen molar-refractivity contribution in [2.45, 2.75) is 6.92 Å². The lowest BCUT2D eigenvalue weighted by atomic mass is 10.1. The monoisotopic (exact) mass is 297 g/mol. The van der Waals surface area contributed by atoms with Gasteiger partial charge in [0.1, 0.15) is 5.82 Å². The van der Waals surface area contributed by atoms with Crippen molar-refractivity contribution >= 4 is 11.0 Å². The van der Waals surface area contributed by atoms with Gasteiger partial charge in [-0.3, -0.25) is 4.79 Å². The Morgan fingerprint density at radius 1 is 1.00 bits per heavy atom. The zero-order chi connectivity index (χ0) is 15.7. The van der Waals surface area contributed by atoms with Crippen molar-refractivity contribution in [2.75, 3.05) is 14.2 Å². The zero-order valence-electron chi connectivity index (χ0n) is 12.5. The minimum atomic E-state index is -0.246. The smallest absolute Gasteiger partial charge is 0.277 e. The molecule has 0 radical (unpaired) electrons. The van der Waals surface area contributed by atoms with Gasteiger partial charge < -0.3 is 14.5 Å². The van der Waals surface area contributed by atoms with Crippen LogP contribution in [-0.4, -0.2) is 29.2 Å². The third-order valence-electron chi connectivity index (χ3n) is 3.35. The summed E-state index contributed by atoms with van der Waals surface area (Å²) in [5.41, 5.74) is 2.15. The molecular formula is C16H15N3O3. The van der Waals surface area contributed by atoms with E-state index < -0.39 is 0 Å². The topological polar surface area (TPSA) is 77.1 Å². The summed E-state index contributed by atoms with van der Waals surface area (Å²) in [5, 5.41) is 0.